The molecule has 0 N–H and O–H groups in total. The van der Waals surface area contributed by atoms with Crippen molar-refractivity contribution in [3.8, 4) is 11.8 Å². The third-order valence-corrected chi connectivity index (χ3v) is 5.66. The number of benzene rings is 1. The van der Waals surface area contributed by atoms with Gasteiger partial charge in [0.05, 0.1) is 5.56 Å². The Kier molecular flexibility index (Phi) is 6.08. The van der Waals surface area contributed by atoms with E-state index in [-0.39, 0.29) is 12.1 Å². The van der Waals surface area contributed by atoms with E-state index >= 15 is 0 Å². The van der Waals surface area contributed by atoms with Crippen molar-refractivity contribution in [2.75, 3.05) is 6.54 Å². The molecule has 1 aromatic carbocycles. The molecule has 1 fully saturated rings. The molecule has 1 saturated heterocycles. The van der Waals surface area contributed by atoms with E-state index in [4.69, 9.17) is 0 Å². The Hall–Kier alpha value is -2.03. The van der Waals surface area contributed by atoms with Crippen LogP contribution in [0.15, 0.2) is 53.9 Å². The molecule has 2 heterocycles. The summed E-state index contributed by atoms with van der Waals surface area (Å²) in [6.07, 6.45) is -1.26. The van der Waals surface area contributed by atoms with Gasteiger partial charge in [-0.25, -0.2) is 0 Å². The lowest BCUT2D eigenvalue weighted by Crippen LogP contribution is -2.36. The maximum Gasteiger partial charge on any atom is 0.416 e. The second-order valence-electron chi connectivity index (χ2n) is 6.84. The molecule has 0 radical (unpaired) electrons. The molecular weight excluding hydrogens is 367 g/mol. The largest absolute Gasteiger partial charge is 0.416 e. The molecule has 142 valence electrons. The van der Waals surface area contributed by atoms with Crippen LogP contribution in [-0.2, 0) is 6.18 Å². The number of allylic oxidation sites excluding steroid dienone is 1. The van der Waals surface area contributed by atoms with Crippen LogP contribution in [0.4, 0.5) is 13.2 Å². The SMILES string of the molecule is C=C(C)C#C[C@H](c1cccs1)N1CCCC[C@H]1c1ccc(C(F)(F)F)cc1. The van der Waals surface area contributed by atoms with E-state index in [1.54, 1.807) is 23.5 Å². The van der Waals surface area contributed by atoms with Gasteiger partial charge in [-0.1, -0.05) is 43.0 Å². The van der Waals surface area contributed by atoms with Crippen LogP contribution in [0.25, 0.3) is 0 Å². The summed E-state index contributed by atoms with van der Waals surface area (Å²) < 4.78 is 38.7. The van der Waals surface area contributed by atoms with Crippen LogP contribution in [0, 0.1) is 11.8 Å². The van der Waals surface area contributed by atoms with Gasteiger partial charge in [0.25, 0.3) is 0 Å². The Morgan fingerprint density at radius 3 is 2.56 bits per heavy atom. The molecular formula is C22H22F3NS. The van der Waals surface area contributed by atoms with Crippen LogP contribution in [0.1, 0.15) is 54.3 Å². The third kappa shape index (κ3) is 4.82. The number of hydrogen-bond acceptors (Lipinski definition) is 2. The zero-order valence-electron chi connectivity index (χ0n) is 15.2. The first kappa shape index (κ1) is 19.7. The van der Waals surface area contributed by atoms with Crippen molar-refractivity contribution in [3.63, 3.8) is 0 Å². The summed E-state index contributed by atoms with van der Waals surface area (Å²) in [5, 5.41) is 2.03. The molecule has 1 aliphatic heterocycles. The molecule has 27 heavy (non-hydrogen) atoms. The number of piperidine rings is 1. The highest BCUT2D eigenvalue weighted by molar-refractivity contribution is 7.10. The van der Waals surface area contributed by atoms with Gasteiger partial charge in [-0.2, -0.15) is 13.2 Å². The Morgan fingerprint density at radius 2 is 1.96 bits per heavy atom. The summed E-state index contributed by atoms with van der Waals surface area (Å²) in [5.41, 5.74) is 1.12. The van der Waals surface area contributed by atoms with Gasteiger partial charge in [0.15, 0.2) is 0 Å². The normalized spacial score (nSPS) is 19.2. The summed E-state index contributed by atoms with van der Waals surface area (Å²) in [6, 6.07) is 9.66. The van der Waals surface area contributed by atoms with E-state index in [2.05, 4.69) is 29.4 Å². The van der Waals surface area contributed by atoms with Gasteiger partial charge in [0, 0.05) is 17.5 Å². The van der Waals surface area contributed by atoms with Crippen molar-refractivity contribution in [2.24, 2.45) is 0 Å². The molecule has 5 heteroatoms. The van der Waals surface area contributed by atoms with Crippen molar-refractivity contribution in [2.45, 2.75) is 44.4 Å². The van der Waals surface area contributed by atoms with Gasteiger partial charge in [0.1, 0.15) is 6.04 Å². The maximum atomic E-state index is 12.9. The van der Waals surface area contributed by atoms with Crippen LogP contribution in [-0.4, -0.2) is 11.4 Å². The van der Waals surface area contributed by atoms with E-state index in [0.717, 1.165) is 41.8 Å². The van der Waals surface area contributed by atoms with E-state index in [1.165, 1.54) is 12.1 Å². The van der Waals surface area contributed by atoms with Crippen molar-refractivity contribution in [1.82, 2.24) is 4.90 Å². The van der Waals surface area contributed by atoms with Gasteiger partial charge in [0.2, 0.25) is 0 Å². The quantitative estimate of drug-likeness (QED) is 0.534. The van der Waals surface area contributed by atoms with Crippen LogP contribution in [0.5, 0.6) is 0 Å². The standard InChI is InChI=1S/C22H22F3NS/c1-16(2)8-13-20(21-7-5-15-27-21)26-14-4-3-6-19(26)17-9-11-18(12-10-17)22(23,24)25/h5,7,9-12,15,19-20H,1,3-4,6,14H2,2H3/t19-,20+/m0/s1. The predicted octanol–water partition coefficient (Wildman–Crippen LogP) is 6.61. The topological polar surface area (TPSA) is 3.24 Å². The Bertz CT molecular complexity index is 825. The first-order chi connectivity index (χ1) is 12.9. The second-order valence-corrected chi connectivity index (χ2v) is 7.82. The summed E-state index contributed by atoms with van der Waals surface area (Å²) in [5.74, 6) is 6.44. The number of halogens is 3. The lowest BCUT2D eigenvalue weighted by Gasteiger charge is -2.39. The minimum atomic E-state index is -4.31. The molecule has 2 atom stereocenters. The van der Waals surface area contributed by atoms with Crippen molar-refractivity contribution in [1.29, 1.82) is 0 Å². The molecule has 0 saturated carbocycles. The van der Waals surface area contributed by atoms with Gasteiger partial charge in [-0.05, 0) is 54.5 Å². The Balaban J connectivity index is 1.94. The Morgan fingerprint density at radius 1 is 1.22 bits per heavy atom. The van der Waals surface area contributed by atoms with Gasteiger partial charge in [-0.3, -0.25) is 4.90 Å². The lowest BCUT2D eigenvalue weighted by molar-refractivity contribution is -0.137. The van der Waals surface area contributed by atoms with Crippen molar-refractivity contribution >= 4 is 11.3 Å². The van der Waals surface area contributed by atoms with E-state index < -0.39 is 11.7 Å². The fourth-order valence-electron chi connectivity index (χ4n) is 3.47. The number of nitrogens with zero attached hydrogens (tertiary/aromatic N) is 1. The summed E-state index contributed by atoms with van der Waals surface area (Å²) in [4.78, 5) is 3.48. The summed E-state index contributed by atoms with van der Waals surface area (Å²) in [7, 11) is 0. The molecule has 2 aromatic rings. The molecule has 1 aromatic heterocycles. The fraction of sp³-hybridized carbons (Fsp3) is 0.364. The Labute approximate surface area is 162 Å². The molecule has 0 unspecified atom stereocenters. The predicted molar refractivity (Wildman–Crippen MR) is 104 cm³/mol. The van der Waals surface area contributed by atoms with Crippen molar-refractivity contribution in [3.05, 3.63) is 69.9 Å². The fourth-order valence-corrected chi connectivity index (χ4v) is 4.27. The summed E-state index contributed by atoms with van der Waals surface area (Å²) >= 11 is 1.66. The van der Waals surface area contributed by atoms with Gasteiger partial charge in [-0.15, -0.1) is 11.3 Å². The van der Waals surface area contributed by atoms with Crippen LogP contribution < -0.4 is 0 Å². The number of alkyl halides is 3. The molecule has 3 rings (SSSR count). The molecule has 0 spiro atoms. The minimum absolute atomic E-state index is 0.0626. The van der Waals surface area contributed by atoms with E-state index in [1.807, 2.05) is 18.4 Å². The first-order valence-electron chi connectivity index (χ1n) is 8.99. The zero-order chi connectivity index (χ0) is 19.4. The van der Waals surface area contributed by atoms with Crippen LogP contribution in [0.3, 0.4) is 0 Å². The second kappa shape index (κ2) is 8.33. The summed E-state index contributed by atoms with van der Waals surface area (Å²) in [6.45, 7) is 6.62. The zero-order valence-corrected chi connectivity index (χ0v) is 16.0. The minimum Gasteiger partial charge on any atom is -0.278 e. The molecule has 0 amide bonds. The average molecular weight is 389 g/mol. The van der Waals surface area contributed by atoms with E-state index in [9.17, 15) is 13.2 Å². The number of rotatable bonds is 3. The highest BCUT2D eigenvalue weighted by Crippen LogP contribution is 2.39. The van der Waals surface area contributed by atoms with Crippen LogP contribution in [0.2, 0.25) is 0 Å². The first-order valence-corrected chi connectivity index (χ1v) is 9.87. The monoisotopic (exact) mass is 389 g/mol. The van der Waals surface area contributed by atoms with Gasteiger partial charge < -0.3 is 0 Å². The molecule has 0 bridgehead atoms. The number of hydrogen-bond donors (Lipinski definition) is 0. The molecule has 0 aliphatic carbocycles. The highest BCUT2D eigenvalue weighted by Gasteiger charge is 2.33. The third-order valence-electron chi connectivity index (χ3n) is 4.73. The van der Waals surface area contributed by atoms with Crippen LogP contribution >= 0.6 is 11.3 Å². The number of thiophene rings is 1. The van der Waals surface area contributed by atoms with E-state index in [0.29, 0.717) is 0 Å². The van der Waals surface area contributed by atoms with Crippen molar-refractivity contribution < 1.29 is 13.2 Å². The highest BCUT2D eigenvalue weighted by atomic mass is 32.1. The average Bonchev–Trinajstić information content (AvgIpc) is 3.16. The van der Waals surface area contributed by atoms with Gasteiger partial charge >= 0.3 is 6.18 Å². The molecule has 1 aliphatic rings. The lowest BCUT2D eigenvalue weighted by atomic mass is 9.92. The maximum absolute atomic E-state index is 12.9. The smallest absolute Gasteiger partial charge is 0.278 e. The molecule has 1 nitrogen and oxygen atoms in total. The number of likely N-dealkylation sites (tertiary alicyclic amines) is 1.